The van der Waals surface area contributed by atoms with E-state index >= 15 is 0 Å². The molecular weight excluding hydrogens is 484 g/mol. The van der Waals surface area contributed by atoms with Crippen LogP contribution in [0.2, 0.25) is 0 Å². The summed E-state index contributed by atoms with van der Waals surface area (Å²) >= 11 is 0. The van der Waals surface area contributed by atoms with Gasteiger partial charge in [0.25, 0.3) is 0 Å². The van der Waals surface area contributed by atoms with Crippen LogP contribution in [0.5, 0.6) is 0 Å². The lowest BCUT2D eigenvalue weighted by Crippen LogP contribution is -2.55. The number of anilines is 1. The van der Waals surface area contributed by atoms with E-state index in [0.717, 1.165) is 30.8 Å². The summed E-state index contributed by atoms with van der Waals surface area (Å²) in [6.45, 7) is 5.58. The second-order valence-electron chi connectivity index (χ2n) is 10.5. The third-order valence-corrected chi connectivity index (χ3v) is 7.28. The monoisotopic (exact) mass is 516 g/mol. The van der Waals surface area contributed by atoms with Crippen molar-refractivity contribution < 1.29 is 19.1 Å². The van der Waals surface area contributed by atoms with Crippen molar-refractivity contribution in [1.29, 1.82) is 0 Å². The minimum atomic E-state index is -0.443. The van der Waals surface area contributed by atoms with Crippen LogP contribution in [0.25, 0.3) is 16.8 Å². The third-order valence-electron chi connectivity index (χ3n) is 7.28. The Hall–Kier alpha value is -4.05. The van der Waals surface area contributed by atoms with Crippen molar-refractivity contribution in [3.05, 3.63) is 59.8 Å². The molecule has 1 aromatic carbocycles. The van der Waals surface area contributed by atoms with E-state index in [0.29, 0.717) is 42.4 Å². The van der Waals surface area contributed by atoms with E-state index in [1.54, 1.807) is 18.3 Å². The molecule has 2 aliphatic rings. The van der Waals surface area contributed by atoms with Gasteiger partial charge in [-0.2, -0.15) is 0 Å². The highest BCUT2D eigenvalue weighted by molar-refractivity contribution is 5.99. The number of nitrogen functional groups attached to an aromatic ring is 1. The van der Waals surface area contributed by atoms with E-state index in [1.807, 2.05) is 34.6 Å². The lowest BCUT2D eigenvalue weighted by Gasteiger charge is -2.42. The smallest absolute Gasteiger partial charge is 0.233 e. The van der Waals surface area contributed by atoms with E-state index < -0.39 is 5.41 Å². The van der Waals surface area contributed by atoms with Crippen molar-refractivity contribution in [3.63, 3.8) is 0 Å². The number of hydrogen-bond acceptors (Lipinski definition) is 8. The lowest BCUT2D eigenvalue weighted by molar-refractivity contribution is -0.170. The van der Waals surface area contributed by atoms with Crippen LogP contribution in [-0.4, -0.2) is 63.0 Å². The standard InChI is InChI=1S/C28H32N6O4/c1-17(35)12-21(29)13-22(36)18-5-7-19(8-6-18)23-24-25(30)31-9-11-34(24)26(32-23)20-4-3-10-33(14-20)27(37)28(2)15-38-16-28/h5-9,11-12,20H,3-4,10,13-16,29H2,1-2H3,(H2,30,31)/t20-/m1/s1. The molecule has 198 valence electrons. The van der Waals surface area contributed by atoms with Crippen LogP contribution in [-0.2, 0) is 14.3 Å². The van der Waals surface area contributed by atoms with Crippen LogP contribution < -0.4 is 11.5 Å². The van der Waals surface area contributed by atoms with E-state index in [9.17, 15) is 14.4 Å². The fourth-order valence-corrected chi connectivity index (χ4v) is 5.28. The van der Waals surface area contributed by atoms with E-state index in [1.165, 1.54) is 13.0 Å². The number of imidazole rings is 1. The van der Waals surface area contributed by atoms with Crippen molar-refractivity contribution in [1.82, 2.24) is 19.3 Å². The number of allylic oxidation sites excluding steroid dienone is 2. The van der Waals surface area contributed by atoms with Crippen LogP contribution >= 0.6 is 0 Å². The van der Waals surface area contributed by atoms with E-state index in [-0.39, 0.29) is 35.5 Å². The number of piperidine rings is 1. The Bertz CT molecular complexity index is 1440. The van der Waals surface area contributed by atoms with Gasteiger partial charge in [0, 0.05) is 48.2 Å². The molecule has 2 fully saturated rings. The minimum Gasteiger partial charge on any atom is -0.402 e. The fraction of sp³-hybridized carbons (Fsp3) is 0.393. The van der Waals surface area contributed by atoms with E-state index in [2.05, 4.69) is 4.98 Å². The van der Waals surface area contributed by atoms with Gasteiger partial charge in [-0.1, -0.05) is 24.3 Å². The maximum absolute atomic E-state index is 13.2. The summed E-state index contributed by atoms with van der Waals surface area (Å²) in [7, 11) is 0. The summed E-state index contributed by atoms with van der Waals surface area (Å²) in [5.74, 6) is 0.981. The SMILES string of the molecule is CC(=O)C=C(N)CC(=O)c1ccc(-c2nc([C@@H]3CCCN(C(=O)C4(C)COC4)C3)n3ccnc(N)c23)cc1. The number of ketones is 2. The van der Waals surface area contributed by atoms with Crippen LogP contribution in [0.1, 0.15) is 55.2 Å². The Kier molecular flexibility index (Phi) is 6.75. The molecule has 38 heavy (non-hydrogen) atoms. The number of carbonyl (C=O) groups is 3. The molecule has 4 heterocycles. The molecule has 0 unspecified atom stereocenters. The van der Waals surface area contributed by atoms with Crippen molar-refractivity contribution in [3.8, 4) is 11.3 Å². The highest BCUT2D eigenvalue weighted by atomic mass is 16.5. The molecule has 4 N–H and O–H groups in total. The molecule has 2 aromatic heterocycles. The Morgan fingerprint density at radius 3 is 2.61 bits per heavy atom. The van der Waals surface area contributed by atoms with Gasteiger partial charge in [-0.25, -0.2) is 9.97 Å². The number of Topliss-reactive ketones (excluding diaryl/α,β-unsaturated/α-hetero) is 1. The first-order chi connectivity index (χ1) is 18.2. The molecule has 0 radical (unpaired) electrons. The van der Waals surface area contributed by atoms with Gasteiger partial charge in [-0.3, -0.25) is 18.8 Å². The first-order valence-corrected chi connectivity index (χ1v) is 12.8. The molecule has 0 saturated carbocycles. The zero-order valence-corrected chi connectivity index (χ0v) is 21.6. The van der Waals surface area contributed by atoms with Gasteiger partial charge >= 0.3 is 0 Å². The van der Waals surface area contributed by atoms with Crippen LogP contribution in [0.3, 0.4) is 0 Å². The summed E-state index contributed by atoms with van der Waals surface area (Å²) in [6, 6.07) is 7.09. The molecule has 3 aromatic rings. The topological polar surface area (TPSA) is 146 Å². The lowest BCUT2D eigenvalue weighted by atomic mass is 9.85. The summed E-state index contributed by atoms with van der Waals surface area (Å²) in [5, 5.41) is 0. The summed E-state index contributed by atoms with van der Waals surface area (Å²) in [6.07, 6.45) is 6.52. The number of amides is 1. The molecule has 0 spiro atoms. The van der Waals surface area contributed by atoms with Crippen LogP contribution in [0, 0.1) is 5.41 Å². The second-order valence-corrected chi connectivity index (χ2v) is 10.5. The quantitative estimate of drug-likeness (QED) is 0.360. The predicted octanol–water partition coefficient (Wildman–Crippen LogP) is 2.73. The number of aromatic nitrogens is 3. The first-order valence-electron chi connectivity index (χ1n) is 12.8. The Morgan fingerprint density at radius 1 is 1.21 bits per heavy atom. The Labute approximate surface area is 220 Å². The Morgan fingerprint density at radius 2 is 1.95 bits per heavy atom. The maximum atomic E-state index is 13.2. The van der Waals surface area contributed by atoms with E-state index in [4.69, 9.17) is 21.2 Å². The minimum absolute atomic E-state index is 0.0323. The number of fused-ring (bicyclic) bond motifs is 1. The number of carbonyl (C=O) groups excluding carboxylic acids is 3. The van der Waals surface area contributed by atoms with Gasteiger partial charge in [0.05, 0.1) is 25.0 Å². The molecule has 1 amide bonds. The number of ether oxygens (including phenoxy) is 1. The van der Waals surface area contributed by atoms with Crippen molar-refractivity contribution >= 4 is 28.8 Å². The predicted molar refractivity (Wildman–Crippen MR) is 142 cm³/mol. The summed E-state index contributed by atoms with van der Waals surface area (Å²) in [5.41, 5.74) is 14.5. The van der Waals surface area contributed by atoms with Gasteiger partial charge in [0.15, 0.2) is 11.6 Å². The molecule has 1 atom stereocenters. The fourth-order valence-electron chi connectivity index (χ4n) is 5.28. The van der Waals surface area contributed by atoms with Crippen LogP contribution in [0.15, 0.2) is 48.4 Å². The molecule has 5 rings (SSSR count). The number of hydrogen-bond donors (Lipinski definition) is 2. The zero-order valence-electron chi connectivity index (χ0n) is 21.6. The average molecular weight is 517 g/mol. The molecule has 2 saturated heterocycles. The number of nitrogens with two attached hydrogens (primary N) is 2. The molecule has 10 nitrogen and oxygen atoms in total. The normalized spacial score (nSPS) is 19.3. The van der Waals surface area contributed by atoms with Crippen LogP contribution in [0.4, 0.5) is 5.82 Å². The third kappa shape index (κ3) is 4.79. The van der Waals surface area contributed by atoms with Gasteiger partial charge in [-0.05, 0) is 32.8 Å². The number of likely N-dealkylation sites (tertiary alicyclic amines) is 1. The van der Waals surface area contributed by atoms with Gasteiger partial charge < -0.3 is 21.1 Å². The van der Waals surface area contributed by atoms with Gasteiger partial charge in [0.2, 0.25) is 5.91 Å². The molecule has 0 aliphatic carbocycles. The van der Waals surface area contributed by atoms with Crippen molar-refractivity contribution in [2.45, 2.75) is 39.0 Å². The highest BCUT2D eigenvalue weighted by Crippen LogP contribution is 2.36. The molecule has 2 aliphatic heterocycles. The molecule has 10 heteroatoms. The highest BCUT2D eigenvalue weighted by Gasteiger charge is 2.44. The zero-order chi connectivity index (χ0) is 27.0. The maximum Gasteiger partial charge on any atom is 0.233 e. The summed E-state index contributed by atoms with van der Waals surface area (Å²) in [4.78, 5) is 48.2. The van der Waals surface area contributed by atoms with Crippen molar-refractivity contribution in [2.75, 3.05) is 32.0 Å². The first kappa shape index (κ1) is 25.6. The number of benzene rings is 1. The Balaban J connectivity index is 1.44. The van der Waals surface area contributed by atoms with Crippen molar-refractivity contribution in [2.24, 2.45) is 11.1 Å². The second kappa shape index (κ2) is 10.0. The number of nitrogens with zero attached hydrogens (tertiary/aromatic N) is 4. The molecular formula is C28H32N6O4. The van der Waals surface area contributed by atoms with Gasteiger partial charge in [0.1, 0.15) is 22.9 Å². The molecule has 0 bridgehead atoms. The number of rotatable bonds is 7. The summed E-state index contributed by atoms with van der Waals surface area (Å²) < 4.78 is 7.28. The largest absolute Gasteiger partial charge is 0.402 e. The van der Waals surface area contributed by atoms with Gasteiger partial charge in [-0.15, -0.1) is 0 Å². The average Bonchev–Trinajstić information content (AvgIpc) is 3.27.